The van der Waals surface area contributed by atoms with Gasteiger partial charge < -0.3 is 9.84 Å². The van der Waals surface area contributed by atoms with Gasteiger partial charge in [0.2, 0.25) is 11.1 Å². The van der Waals surface area contributed by atoms with Crippen molar-refractivity contribution in [3.63, 3.8) is 0 Å². The molecular formula is C17H16N4O2S. The van der Waals surface area contributed by atoms with Crippen molar-refractivity contribution in [1.82, 2.24) is 15.1 Å². The highest BCUT2D eigenvalue weighted by Crippen LogP contribution is 2.22. The van der Waals surface area contributed by atoms with Gasteiger partial charge >= 0.3 is 0 Å². The van der Waals surface area contributed by atoms with Crippen molar-refractivity contribution in [3.05, 3.63) is 53.9 Å². The summed E-state index contributed by atoms with van der Waals surface area (Å²) in [5.41, 5.74) is 3.83. The molecule has 0 radical (unpaired) electrons. The minimum absolute atomic E-state index is 0.107. The van der Waals surface area contributed by atoms with Crippen LogP contribution in [0.2, 0.25) is 0 Å². The fourth-order valence-electron chi connectivity index (χ4n) is 2.08. The predicted octanol–water partition coefficient (Wildman–Crippen LogP) is 3.48. The lowest BCUT2D eigenvalue weighted by Crippen LogP contribution is -2.15. The number of benzene rings is 1. The van der Waals surface area contributed by atoms with E-state index in [0.717, 1.165) is 22.4 Å². The van der Waals surface area contributed by atoms with Crippen LogP contribution in [0.1, 0.15) is 11.1 Å². The molecule has 0 aliphatic carbocycles. The number of amides is 1. The lowest BCUT2D eigenvalue weighted by atomic mass is 10.1. The van der Waals surface area contributed by atoms with E-state index in [4.69, 9.17) is 4.52 Å². The molecule has 3 rings (SSSR count). The summed E-state index contributed by atoms with van der Waals surface area (Å²) >= 11 is 1.23. The second kappa shape index (κ2) is 7.27. The number of thioether (sulfide) groups is 1. The van der Waals surface area contributed by atoms with Crippen molar-refractivity contribution in [1.29, 1.82) is 0 Å². The summed E-state index contributed by atoms with van der Waals surface area (Å²) in [7, 11) is 0. The van der Waals surface area contributed by atoms with Crippen LogP contribution in [0.5, 0.6) is 0 Å². The normalized spacial score (nSPS) is 10.6. The molecule has 0 saturated heterocycles. The Bertz CT molecular complexity index is 849. The molecule has 0 saturated carbocycles. The number of pyridine rings is 1. The highest BCUT2D eigenvalue weighted by atomic mass is 32.2. The number of nitrogens with zero attached hydrogens (tertiary/aromatic N) is 3. The van der Waals surface area contributed by atoms with Crippen LogP contribution < -0.4 is 5.32 Å². The molecule has 122 valence electrons. The van der Waals surface area contributed by atoms with Gasteiger partial charge in [0.1, 0.15) is 0 Å². The zero-order valence-electron chi connectivity index (χ0n) is 13.3. The molecule has 0 bridgehead atoms. The Labute approximate surface area is 143 Å². The third-order valence-electron chi connectivity index (χ3n) is 3.55. The third kappa shape index (κ3) is 3.80. The molecule has 0 spiro atoms. The molecule has 1 N–H and O–H groups in total. The van der Waals surface area contributed by atoms with Gasteiger partial charge in [0.15, 0.2) is 0 Å². The highest BCUT2D eigenvalue weighted by molar-refractivity contribution is 7.99. The topological polar surface area (TPSA) is 80.9 Å². The maximum atomic E-state index is 12.1. The van der Waals surface area contributed by atoms with Crippen molar-refractivity contribution in [2.45, 2.75) is 19.0 Å². The molecule has 2 heterocycles. The van der Waals surface area contributed by atoms with Crippen LogP contribution in [0.4, 0.5) is 5.69 Å². The molecule has 0 aliphatic heterocycles. The average molecular weight is 340 g/mol. The Kier molecular flexibility index (Phi) is 4.90. The zero-order chi connectivity index (χ0) is 16.9. The fourth-order valence-corrected chi connectivity index (χ4v) is 2.65. The summed E-state index contributed by atoms with van der Waals surface area (Å²) in [6.07, 6.45) is 3.31. The van der Waals surface area contributed by atoms with Gasteiger partial charge in [-0.2, -0.15) is 4.98 Å². The smallest absolute Gasteiger partial charge is 0.258 e. The Hall–Kier alpha value is -2.67. The van der Waals surface area contributed by atoms with E-state index in [0.29, 0.717) is 11.0 Å². The van der Waals surface area contributed by atoms with Crippen molar-refractivity contribution in [3.8, 4) is 11.5 Å². The summed E-state index contributed by atoms with van der Waals surface area (Å²) in [4.78, 5) is 20.3. The first kappa shape index (κ1) is 16.2. The van der Waals surface area contributed by atoms with Gasteiger partial charge in [-0.3, -0.25) is 9.78 Å². The number of nitrogens with one attached hydrogen (secondary N) is 1. The van der Waals surface area contributed by atoms with Crippen LogP contribution in [0.3, 0.4) is 0 Å². The second-order valence-electron chi connectivity index (χ2n) is 5.20. The van der Waals surface area contributed by atoms with Gasteiger partial charge in [-0.15, -0.1) is 0 Å². The third-order valence-corrected chi connectivity index (χ3v) is 4.38. The Balaban J connectivity index is 1.59. The minimum Gasteiger partial charge on any atom is -0.333 e. The van der Waals surface area contributed by atoms with Crippen molar-refractivity contribution >= 4 is 23.4 Å². The Morgan fingerprint density at radius 1 is 1.21 bits per heavy atom. The molecular weight excluding hydrogens is 324 g/mol. The first-order valence-electron chi connectivity index (χ1n) is 7.36. The van der Waals surface area contributed by atoms with Crippen LogP contribution in [-0.2, 0) is 4.79 Å². The number of anilines is 1. The van der Waals surface area contributed by atoms with E-state index in [-0.39, 0.29) is 11.7 Å². The lowest BCUT2D eigenvalue weighted by molar-refractivity contribution is -0.113. The fraction of sp³-hybridized carbons (Fsp3) is 0.176. The van der Waals surface area contributed by atoms with Crippen molar-refractivity contribution in [2.24, 2.45) is 0 Å². The van der Waals surface area contributed by atoms with Crippen molar-refractivity contribution < 1.29 is 9.32 Å². The van der Waals surface area contributed by atoms with E-state index in [9.17, 15) is 4.79 Å². The number of hydrogen-bond donors (Lipinski definition) is 1. The molecule has 0 aliphatic rings. The van der Waals surface area contributed by atoms with Gasteiger partial charge in [0, 0.05) is 23.6 Å². The van der Waals surface area contributed by atoms with Gasteiger partial charge in [-0.05, 0) is 48.3 Å². The first-order valence-corrected chi connectivity index (χ1v) is 8.35. The van der Waals surface area contributed by atoms with Gasteiger partial charge in [-0.1, -0.05) is 23.9 Å². The largest absolute Gasteiger partial charge is 0.333 e. The molecule has 3 aromatic rings. The molecule has 2 aromatic heterocycles. The van der Waals surface area contributed by atoms with Crippen LogP contribution in [0, 0.1) is 13.8 Å². The Morgan fingerprint density at radius 3 is 2.79 bits per heavy atom. The van der Waals surface area contributed by atoms with Crippen LogP contribution in [0.25, 0.3) is 11.5 Å². The molecule has 7 heteroatoms. The summed E-state index contributed by atoms with van der Waals surface area (Å²) in [5.74, 6) is 0.515. The van der Waals surface area contributed by atoms with Gasteiger partial charge in [0.25, 0.3) is 5.89 Å². The number of carbonyl (C=O) groups is 1. The number of carbonyl (C=O) groups excluding carboxylic acids is 1. The molecule has 0 fully saturated rings. The monoisotopic (exact) mass is 340 g/mol. The zero-order valence-corrected chi connectivity index (χ0v) is 14.1. The quantitative estimate of drug-likeness (QED) is 0.716. The first-order chi connectivity index (χ1) is 11.6. The van der Waals surface area contributed by atoms with Gasteiger partial charge in [-0.25, -0.2) is 0 Å². The molecule has 1 aromatic carbocycles. The van der Waals surface area contributed by atoms with Crippen LogP contribution in [-0.4, -0.2) is 26.8 Å². The molecule has 6 nitrogen and oxygen atoms in total. The standard InChI is InChI=1S/C17H16N4O2S/c1-11-4-3-5-14(12(11)2)19-15(22)10-24-17-20-16(23-21-17)13-6-8-18-9-7-13/h3-9H,10H2,1-2H3,(H,19,22). The Morgan fingerprint density at radius 2 is 2.00 bits per heavy atom. The predicted molar refractivity (Wildman–Crippen MR) is 92.8 cm³/mol. The summed E-state index contributed by atoms with van der Waals surface area (Å²) in [5, 5.41) is 7.21. The molecule has 1 amide bonds. The van der Waals surface area contributed by atoms with E-state index in [1.54, 1.807) is 24.5 Å². The summed E-state index contributed by atoms with van der Waals surface area (Å²) in [6, 6.07) is 9.40. The molecule has 24 heavy (non-hydrogen) atoms. The van der Waals surface area contributed by atoms with E-state index in [1.807, 2.05) is 32.0 Å². The minimum atomic E-state index is -0.107. The SMILES string of the molecule is Cc1cccc(NC(=O)CSc2noc(-c3ccncc3)n2)c1C. The molecule has 0 atom stereocenters. The molecule has 0 unspecified atom stereocenters. The number of hydrogen-bond acceptors (Lipinski definition) is 6. The van der Waals surface area contributed by atoms with Crippen LogP contribution >= 0.6 is 11.8 Å². The van der Waals surface area contributed by atoms with E-state index in [1.165, 1.54) is 11.8 Å². The number of aromatic nitrogens is 3. The lowest BCUT2D eigenvalue weighted by Gasteiger charge is -2.09. The summed E-state index contributed by atoms with van der Waals surface area (Å²) in [6.45, 7) is 4.00. The van der Waals surface area contributed by atoms with E-state index in [2.05, 4.69) is 20.4 Å². The maximum Gasteiger partial charge on any atom is 0.258 e. The highest BCUT2D eigenvalue weighted by Gasteiger charge is 2.12. The van der Waals surface area contributed by atoms with E-state index >= 15 is 0 Å². The average Bonchev–Trinajstić information content (AvgIpc) is 3.07. The number of rotatable bonds is 5. The summed E-state index contributed by atoms with van der Waals surface area (Å²) < 4.78 is 5.19. The second-order valence-corrected chi connectivity index (χ2v) is 6.14. The van der Waals surface area contributed by atoms with Gasteiger partial charge in [0.05, 0.1) is 5.75 Å². The van der Waals surface area contributed by atoms with E-state index < -0.39 is 0 Å². The van der Waals surface area contributed by atoms with Crippen LogP contribution in [0.15, 0.2) is 52.4 Å². The number of aryl methyl sites for hydroxylation is 1. The maximum absolute atomic E-state index is 12.1. The van der Waals surface area contributed by atoms with Crippen molar-refractivity contribution in [2.75, 3.05) is 11.1 Å².